The van der Waals surface area contributed by atoms with Crippen molar-refractivity contribution in [3.8, 4) is 17.3 Å². The third-order valence-corrected chi connectivity index (χ3v) is 3.88. The molecule has 0 atom stereocenters. The van der Waals surface area contributed by atoms with Gasteiger partial charge in [0.05, 0.1) is 0 Å². The Kier molecular flexibility index (Phi) is 3.67. The number of fused-ring (bicyclic) bond motifs is 1. The molecule has 3 rings (SSSR count). The molecule has 126 valence electrons. The first-order valence-electron chi connectivity index (χ1n) is 6.29. The number of hydrogen-bond acceptors (Lipinski definition) is 5. The lowest BCUT2D eigenvalue weighted by Crippen LogP contribution is -2.28. The fourth-order valence-electron chi connectivity index (χ4n) is 1.84. The van der Waals surface area contributed by atoms with E-state index in [1.165, 1.54) is 30.5 Å². The van der Waals surface area contributed by atoms with Crippen LogP contribution >= 0.6 is 0 Å². The maximum Gasteiger partial charge on any atom is 0.534 e. The summed E-state index contributed by atoms with van der Waals surface area (Å²) in [5, 5.41) is 4.02. The lowest BCUT2D eigenvalue weighted by Gasteiger charge is -2.11. The van der Waals surface area contributed by atoms with Crippen molar-refractivity contribution in [1.29, 1.82) is 0 Å². The average molecular weight is 361 g/mol. The highest BCUT2D eigenvalue weighted by molar-refractivity contribution is 7.88. The number of nitrogens with zero attached hydrogens (tertiary/aromatic N) is 3. The Bertz CT molecular complexity index is 997. The van der Waals surface area contributed by atoms with E-state index < -0.39 is 27.3 Å². The molecule has 0 aliphatic rings. The minimum absolute atomic E-state index is 0.0753. The van der Waals surface area contributed by atoms with Crippen LogP contribution in [0, 0.1) is 5.82 Å². The van der Waals surface area contributed by atoms with E-state index in [-0.39, 0.29) is 16.9 Å². The Balaban J connectivity index is 2.14. The van der Waals surface area contributed by atoms with Crippen molar-refractivity contribution in [2.24, 2.45) is 0 Å². The fourth-order valence-corrected chi connectivity index (χ4v) is 2.27. The van der Waals surface area contributed by atoms with E-state index in [4.69, 9.17) is 0 Å². The Morgan fingerprint density at radius 1 is 1.08 bits per heavy atom. The lowest BCUT2D eigenvalue weighted by atomic mass is 10.2. The van der Waals surface area contributed by atoms with Crippen LogP contribution in [-0.2, 0) is 10.1 Å². The highest BCUT2D eigenvalue weighted by Crippen LogP contribution is 2.29. The Labute approximate surface area is 132 Å². The maximum absolute atomic E-state index is 13.0. The van der Waals surface area contributed by atoms with Crippen molar-refractivity contribution in [3.63, 3.8) is 0 Å². The number of alkyl halides is 3. The third-order valence-electron chi connectivity index (χ3n) is 2.93. The van der Waals surface area contributed by atoms with Gasteiger partial charge in [-0.15, -0.1) is 5.10 Å². The second kappa shape index (κ2) is 5.44. The van der Waals surface area contributed by atoms with Crippen molar-refractivity contribution < 1.29 is 30.2 Å². The molecule has 2 aromatic heterocycles. The smallest absolute Gasteiger partial charge is 0.353 e. The Hall–Kier alpha value is -2.69. The van der Waals surface area contributed by atoms with Crippen molar-refractivity contribution in [2.75, 3.05) is 0 Å². The number of rotatable bonds is 3. The maximum atomic E-state index is 13.0. The zero-order valence-electron chi connectivity index (χ0n) is 11.5. The zero-order valence-corrected chi connectivity index (χ0v) is 12.3. The lowest BCUT2D eigenvalue weighted by molar-refractivity contribution is -0.0501. The standard InChI is InChI=1S/C13H7F4N3O3S/c14-9-5-3-8(4-6-9)11-18-12(10-2-1-7-20(10)19-11)23-24(21,22)13(15,16)17/h1-7H. The highest BCUT2D eigenvalue weighted by Gasteiger charge is 2.49. The second-order valence-electron chi connectivity index (χ2n) is 4.57. The van der Waals surface area contributed by atoms with E-state index in [9.17, 15) is 26.0 Å². The van der Waals surface area contributed by atoms with Crippen LogP contribution in [0.15, 0.2) is 42.6 Å². The normalized spacial score (nSPS) is 12.5. The van der Waals surface area contributed by atoms with Crippen LogP contribution in [-0.4, -0.2) is 28.5 Å². The van der Waals surface area contributed by atoms with Gasteiger partial charge in [-0.1, -0.05) is 0 Å². The predicted molar refractivity (Wildman–Crippen MR) is 74.0 cm³/mol. The molecule has 1 aromatic carbocycles. The summed E-state index contributed by atoms with van der Waals surface area (Å²) in [7, 11) is -5.89. The highest BCUT2D eigenvalue weighted by atomic mass is 32.2. The van der Waals surface area contributed by atoms with E-state index in [2.05, 4.69) is 14.3 Å². The van der Waals surface area contributed by atoms with Crippen molar-refractivity contribution in [2.45, 2.75) is 5.51 Å². The molecular formula is C13H7F4N3O3S. The van der Waals surface area contributed by atoms with E-state index in [0.29, 0.717) is 0 Å². The summed E-state index contributed by atoms with van der Waals surface area (Å²) in [6.45, 7) is 0. The van der Waals surface area contributed by atoms with Gasteiger partial charge in [-0.2, -0.15) is 26.6 Å². The van der Waals surface area contributed by atoms with E-state index in [1.807, 2.05) is 0 Å². The molecule has 0 aliphatic carbocycles. The Morgan fingerprint density at radius 2 is 1.75 bits per heavy atom. The Morgan fingerprint density at radius 3 is 2.38 bits per heavy atom. The summed E-state index contributed by atoms with van der Waals surface area (Å²) in [5.41, 5.74) is -5.41. The van der Waals surface area contributed by atoms with E-state index >= 15 is 0 Å². The van der Waals surface area contributed by atoms with Gasteiger partial charge in [-0.25, -0.2) is 8.91 Å². The summed E-state index contributed by atoms with van der Waals surface area (Å²) in [6, 6.07) is 7.50. The first-order chi connectivity index (χ1) is 11.2. The van der Waals surface area contributed by atoms with Crippen LogP contribution in [0.25, 0.3) is 16.9 Å². The van der Waals surface area contributed by atoms with E-state index in [1.54, 1.807) is 0 Å². The molecule has 0 spiro atoms. The van der Waals surface area contributed by atoms with Crippen molar-refractivity contribution in [3.05, 3.63) is 48.4 Å². The quantitative estimate of drug-likeness (QED) is 0.407. The minimum Gasteiger partial charge on any atom is -0.353 e. The summed E-state index contributed by atoms with van der Waals surface area (Å²) in [5.74, 6) is -1.45. The fraction of sp³-hybridized carbons (Fsp3) is 0.0769. The van der Waals surface area contributed by atoms with Gasteiger partial charge in [-0.05, 0) is 36.4 Å². The monoisotopic (exact) mass is 361 g/mol. The summed E-state index contributed by atoms with van der Waals surface area (Å²) < 4.78 is 78.1. The van der Waals surface area contributed by atoms with Crippen LogP contribution < -0.4 is 4.18 Å². The van der Waals surface area contributed by atoms with Gasteiger partial charge >= 0.3 is 15.6 Å². The van der Waals surface area contributed by atoms with Gasteiger partial charge in [0.2, 0.25) is 0 Å². The van der Waals surface area contributed by atoms with Crippen LogP contribution in [0.1, 0.15) is 0 Å². The molecule has 0 N–H and O–H groups in total. The molecule has 0 fully saturated rings. The molecule has 6 nitrogen and oxygen atoms in total. The van der Waals surface area contributed by atoms with Gasteiger partial charge < -0.3 is 4.18 Å². The molecule has 11 heteroatoms. The SMILES string of the molecule is O=S(=O)(Oc1nc(-c2ccc(F)cc2)nn2cccc12)C(F)(F)F. The van der Waals surface area contributed by atoms with Gasteiger partial charge in [-0.3, -0.25) is 0 Å². The van der Waals surface area contributed by atoms with Gasteiger partial charge in [0.15, 0.2) is 5.82 Å². The molecule has 24 heavy (non-hydrogen) atoms. The molecule has 0 saturated heterocycles. The zero-order chi connectivity index (χ0) is 17.5. The molecular weight excluding hydrogens is 354 g/mol. The molecule has 0 amide bonds. The second-order valence-corrected chi connectivity index (χ2v) is 6.11. The third kappa shape index (κ3) is 2.89. The van der Waals surface area contributed by atoms with Gasteiger partial charge in [0, 0.05) is 11.8 Å². The van der Waals surface area contributed by atoms with Crippen LogP contribution in [0.5, 0.6) is 5.88 Å². The first kappa shape index (κ1) is 16.2. The van der Waals surface area contributed by atoms with Crippen LogP contribution in [0.3, 0.4) is 0 Å². The molecule has 0 aliphatic heterocycles. The molecule has 2 heterocycles. The number of benzene rings is 1. The topological polar surface area (TPSA) is 73.6 Å². The van der Waals surface area contributed by atoms with Gasteiger partial charge in [0.1, 0.15) is 11.3 Å². The first-order valence-corrected chi connectivity index (χ1v) is 7.70. The van der Waals surface area contributed by atoms with Crippen molar-refractivity contribution in [1.82, 2.24) is 14.6 Å². The van der Waals surface area contributed by atoms with E-state index in [0.717, 1.165) is 16.6 Å². The number of halogens is 4. The predicted octanol–water partition coefficient (Wildman–Crippen LogP) is 2.76. The average Bonchev–Trinajstić information content (AvgIpc) is 2.95. The van der Waals surface area contributed by atoms with Crippen LogP contribution in [0.4, 0.5) is 17.6 Å². The molecule has 0 bridgehead atoms. The molecule has 0 radical (unpaired) electrons. The largest absolute Gasteiger partial charge is 0.534 e. The van der Waals surface area contributed by atoms with Crippen LogP contribution in [0.2, 0.25) is 0 Å². The summed E-state index contributed by atoms with van der Waals surface area (Å²) >= 11 is 0. The molecule has 0 saturated carbocycles. The number of aromatic nitrogens is 3. The summed E-state index contributed by atoms with van der Waals surface area (Å²) in [4.78, 5) is 3.72. The molecule has 0 unspecified atom stereocenters. The van der Waals surface area contributed by atoms with Gasteiger partial charge in [0.25, 0.3) is 5.88 Å². The minimum atomic E-state index is -5.89. The molecule has 3 aromatic rings. The summed E-state index contributed by atoms with van der Waals surface area (Å²) in [6.07, 6.45) is 1.37. The van der Waals surface area contributed by atoms with Crippen molar-refractivity contribution >= 4 is 15.6 Å². The number of hydrogen-bond donors (Lipinski definition) is 0.